The maximum atomic E-state index is 13.7. The first-order chi connectivity index (χ1) is 20.0. The van der Waals surface area contributed by atoms with Gasteiger partial charge in [-0.3, -0.25) is 4.79 Å². The lowest BCUT2D eigenvalue weighted by Gasteiger charge is -2.18. The minimum Gasteiger partial charge on any atom is -0.494 e. The number of halogens is 2. The van der Waals surface area contributed by atoms with Crippen LogP contribution >= 0.6 is 23.2 Å². The monoisotopic (exact) mass is 609 g/mol. The predicted octanol–water partition coefficient (Wildman–Crippen LogP) is 7.41. The van der Waals surface area contributed by atoms with E-state index in [9.17, 15) is 9.59 Å². The summed E-state index contributed by atoms with van der Waals surface area (Å²) in [5.41, 5.74) is 3.39. The smallest absolute Gasteiger partial charge is 0.347 e. The number of nitrogens with zero attached hydrogens (tertiary/aromatic N) is 3. The summed E-state index contributed by atoms with van der Waals surface area (Å²) >= 11 is 12.9. The zero-order valence-corrected chi connectivity index (χ0v) is 25.9. The third-order valence-electron chi connectivity index (χ3n) is 6.53. The Balaban J connectivity index is 1.83. The van der Waals surface area contributed by atoms with Crippen LogP contribution in [-0.4, -0.2) is 41.2 Å². The fourth-order valence-corrected chi connectivity index (χ4v) is 5.04. The summed E-state index contributed by atoms with van der Waals surface area (Å²) in [6, 6.07) is 14.3. The third kappa shape index (κ3) is 6.61. The molecule has 1 aromatic heterocycles. The van der Waals surface area contributed by atoms with E-state index in [0.717, 1.165) is 22.4 Å². The van der Waals surface area contributed by atoms with Gasteiger partial charge < -0.3 is 14.2 Å². The molecule has 42 heavy (non-hydrogen) atoms. The second kappa shape index (κ2) is 13.4. The molecule has 3 aromatic carbocycles. The van der Waals surface area contributed by atoms with E-state index in [4.69, 9.17) is 42.4 Å². The van der Waals surface area contributed by atoms with E-state index in [2.05, 4.69) is 18.9 Å². The lowest BCUT2D eigenvalue weighted by atomic mass is 9.96. The van der Waals surface area contributed by atoms with Crippen LogP contribution in [0.25, 0.3) is 22.3 Å². The number of hydrogen-bond acceptors (Lipinski definition) is 7. The Bertz CT molecular complexity index is 1690. The van der Waals surface area contributed by atoms with E-state index in [1.807, 2.05) is 32.0 Å². The Hall–Kier alpha value is -3.88. The molecule has 0 fully saturated rings. The molecule has 220 valence electrons. The molecule has 0 radical (unpaired) electrons. The molecule has 0 unspecified atom stereocenters. The topological polar surface area (TPSA) is 92.0 Å². The molecule has 10 heteroatoms. The molecule has 0 aliphatic heterocycles. The molecule has 0 saturated carbocycles. The third-order valence-corrected chi connectivity index (χ3v) is 7.09. The minimum absolute atomic E-state index is 0.146. The molecule has 1 heterocycles. The van der Waals surface area contributed by atoms with E-state index >= 15 is 0 Å². The van der Waals surface area contributed by atoms with Crippen LogP contribution in [0.3, 0.4) is 0 Å². The summed E-state index contributed by atoms with van der Waals surface area (Å²) in [5.74, 6) is 0.976. The van der Waals surface area contributed by atoms with Crippen LogP contribution < -0.4 is 15.0 Å². The number of benzene rings is 3. The summed E-state index contributed by atoms with van der Waals surface area (Å²) in [6.07, 6.45) is 0.572. The summed E-state index contributed by atoms with van der Waals surface area (Å²) < 4.78 is 17.8. The van der Waals surface area contributed by atoms with Gasteiger partial charge in [-0.1, -0.05) is 49.2 Å². The van der Waals surface area contributed by atoms with Gasteiger partial charge >= 0.3 is 5.97 Å². The van der Waals surface area contributed by atoms with Crippen LogP contribution in [-0.2, 0) is 9.53 Å². The molecular weight excluding hydrogens is 577 g/mol. The zero-order chi connectivity index (χ0) is 30.6. The highest BCUT2D eigenvalue weighted by Crippen LogP contribution is 2.36. The summed E-state index contributed by atoms with van der Waals surface area (Å²) in [4.78, 5) is 30.6. The lowest BCUT2D eigenvalue weighted by Crippen LogP contribution is -2.26. The van der Waals surface area contributed by atoms with Gasteiger partial charge in [0.2, 0.25) is 0 Å². The lowest BCUT2D eigenvalue weighted by molar-refractivity contribution is -0.150. The van der Waals surface area contributed by atoms with Gasteiger partial charge in [0.25, 0.3) is 5.56 Å². The highest BCUT2D eigenvalue weighted by atomic mass is 35.5. The van der Waals surface area contributed by atoms with Gasteiger partial charge in [0.15, 0.2) is 17.7 Å². The van der Waals surface area contributed by atoms with Crippen LogP contribution in [0.15, 0.2) is 58.4 Å². The molecule has 0 bridgehead atoms. The van der Waals surface area contributed by atoms with E-state index in [0.29, 0.717) is 28.9 Å². The van der Waals surface area contributed by atoms with Crippen LogP contribution in [0, 0.1) is 6.92 Å². The fraction of sp³-hybridized carbons (Fsp3) is 0.312. The average molecular weight is 611 g/mol. The fourth-order valence-electron chi connectivity index (χ4n) is 4.45. The Morgan fingerprint density at radius 2 is 1.74 bits per heavy atom. The molecule has 4 aromatic rings. The number of para-hydroxylation sites is 1. The van der Waals surface area contributed by atoms with E-state index in [1.165, 1.54) is 10.9 Å². The molecular formula is C32H33Cl2N3O5. The molecule has 0 aliphatic carbocycles. The van der Waals surface area contributed by atoms with E-state index in [-0.39, 0.29) is 33.9 Å². The van der Waals surface area contributed by atoms with Crippen molar-refractivity contribution in [2.45, 2.75) is 53.6 Å². The van der Waals surface area contributed by atoms with Gasteiger partial charge in [0.05, 0.1) is 40.4 Å². The number of aryl methyl sites for hydroxylation is 1. The van der Waals surface area contributed by atoms with Crippen molar-refractivity contribution in [3.05, 3.63) is 85.6 Å². The quantitative estimate of drug-likeness (QED) is 0.137. The number of fused-ring (bicyclic) bond motifs is 1. The first kappa shape index (κ1) is 31.1. The summed E-state index contributed by atoms with van der Waals surface area (Å²) in [5, 5.41) is 5.33. The highest BCUT2D eigenvalue weighted by molar-refractivity contribution is 6.37. The van der Waals surface area contributed by atoms with Gasteiger partial charge in [-0.25, -0.2) is 9.78 Å². The van der Waals surface area contributed by atoms with Crippen LogP contribution in [0.1, 0.15) is 57.2 Å². The van der Waals surface area contributed by atoms with Crippen molar-refractivity contribution in [3.8, 4) is 22.9 Å². The number of rotatable bonds is 10. The number of aromatic nitrogens is 2. The number of carbonyl (C=O) groups is 1. The van der Waals surface area contributed by atoms with E-state index < -0.39 is 12.1 Å². The summed E-state index contributed by atoms with van der Waals surface area (Å²) in [7, 11) is 0. The van der Waals surface area contributed by atoms with Crippen molar-refractivity contribution >= 4 is 46.3 Å². The first-order valence-corrected chi connectivity index (χ1v) is 14.5. The normalized spacial score (nSPS) is 12.2. The van der Waals surface area contributed by atoms with Crippen molar-refractivity contribution in [3.63, 3.8) is 0 Å². The second-order valence-corrected chi connectivity index (χ2v) is 10.7. The van der Waals surface area contributed by atoms with Crippen molar-refractivity contribution in [1.82, 2.24) is 9.66 Å². The molecule has 0 amide bonds. The molecule has 0 spiro atoms. The molecule has 0 saturated heterocycles. The van der Waals surface area contributed by atoms with Crippen molar-refractivity contribution in [1.29, 1.82) is 0 Å². The van der Waals surface area contributed by atoms with Crippen LogP contribution in [0.5, 0.6) is 11.5 Å². The largest absolute Gasteiger partial charge is 0.494 e. The van der Waals surface area contributed by atoms with Gasteiger partial charge in [-0.15, -0.1) is 0 Å². The number of carbonyl (C=O) groups excluding carboxylic acids is 1. The van der Waals surface area contributed by atoms with Gasteiger partial charge in [-0.05, 0) is 86.7 Å². The van der Waals surface area contributed by atoms with Crippen LogP contribution in [0.2, 0.25) is 10.0 Å². The van der Waals surface area contributed by atoms with Gasteiger partial charge in [-0.2, -0.15) is 9.78 Å². The molecule has 8 nitrogen and oxygen atoms in total. The number of ether oxygens (including phenoxy) is 3. The Morgan fingerprint density at radius 1 is 1.05 bits per heavy atom. The highest BCUT2D eigenvalue weighted by Gasteiger charge is 2.21. The predicted molar refractivity (Wildman–Crippen MR) is 168 cm³/mol. The van der Waals surface area contributed by atoms with Crippen molar-refractivity contribution in [2.24, 2.45) is 5.10 Å². The van der Waals surface area contributed by atoms with Crippen LogP contribution in [0.4, 0.5) is 0 Å². The second-order valence-electron chi connectivity index (χ2n) is 9.93. The number of esters is 1. The molecule has 0 N–H and O–H groups in total. The van der Waals surface area contributed by atoms with Gasteiger partial charge in [0, 0.05) is 5.56 Å². The Labute approximate surface area is 254 Å². The van der Waals surface area contributed by atoms with Crippen molar-refractivity contribution < 1.29 is 19.0 Å². The Morgan fingerprint density at radius 3 is 2.38 bits per heavy atom. The SMILES string of the molecule is CCOC(=O)[C@H](C)Oc1c(Cl)cc(C=Nn2c(-c3cc(C(C)C)c(OCC)cc3C)nc3ccccc3c2=O)cc1Cl. The minimum atomic E-state index is -0.905. The van der Waals surface area contributed by atoms with E-state index in [1.54, 1.807) is 44.2 Å². The molecule has 4 rings (SSSR count). The summed E-state index contributed by atoms with van der Waals surface area (Å²) in [6.45, 7) is 12.1. The maximum Gasteiger partial charge on any atom is 0.347 e. The number of hydrogen-bond donors (Lipinski definition) is 0. The van der Waals surface area contributed by atoms with Gasteiger partial charge in [0.1, 0.15) is 5.75 Å². The van der Waals surface area contributed by atoms with Crippen molar-refractivity contribution in [2.75, 3.05) is 13.2 Å². The Kier molecular flexibility index (Phi) is 9.91. The average Bonchev–Trinajstić information content (AvgIpc) is 2.94. The molecule has 0 aliphatic rings. The molecule has 1 atom stereocenters. The zero-order valence-electron chi connectivity index (χ0n) is 24.4. The standard InChI is InChI=1S/C32H33Cl2N3O5/c1-7-40-28-13-19(5)24(16-23(28)18(3)4)30-36-27-12-10-9-11-22(27)31(38)37(30)35-17-21-14-25(33)29(26(34)15-21)42-20(6)32(39)41-8-2/h9-18,20H,7-8H2,1-6H3/t20-/m0/s1. The maximum absolute atomic E-state index is 13.7. The first-order valence-electron chi connectivity index (χ1n) is 13.7.